The maximum absolute atomic E-state index is 11.0. The number of H-pyrrole nitrogens is 2. The average molecular weight is 407 g/mol. The Morgan fingerprint density at radius 2 is 1.27 bits per heavy atom. The predicted octanol–water partition coefficient (Wildman–Crippen LogP) is 6.42. The first-order valence-electron chi connectivity index (χ1n) is 10.0. The number of hydrogen-bond acceptors (Lipinski definition) is 3. The van der Waals surface area contributed by atoms with Crippen LogP contribution in [0.1, 0.15) is 52.7 Å². The number of anilines is 1. The Balaban J connectivity index is 0.000000172. The van der Waals surface area contributed by atoms with Crippen LogP contribution in [0.2, 0.25) is 0 Å². The summed E-state index contributed by atoms with van der Waals surface area (Å²) in [7, 11) is 0. The SMILES string of the molecule is CC(C)(C)c1cc2cc[nH]c2cc1N.CC(C)(C)c1cc2cc[nH]c2cc1[N+](=O)[O-]. The lowest BCUT2D eigenvalue weighted by Gasteiger charge is -2.21. The van der Waals surface area contributed by atoms with Crippen molar-refractivity contribution >= 4 is 33.2 Å². The molecule has 0 saturated carbocycles. The topological polar surface area (TPSA) is 101 Å². The molecule has 6 heteroatoms. The fourth-order valence-electron chi connectivity index (χ4n) is 3.61. The molecule has 0 aliphatic carbocycles. The van der Waals surface area contributed by atoms with Crippen LogP contribution in [0, 0.1) is 10.1 Å². The first kappa shape index (κ1) is 21.4. The minimum Gasteiger partial charge on any atom is -0.398 e. The van der Waals surface area contributed by atoms with E-state index in [1.54, 1.807) is 12.3 Å². The van der Waals surface area contributed by atoms with E-state index in [0.717, 1.165) is 27.7 Å². The van der Waals surface area contributed by atoms with E-state index in [1.807, 2.05) is 45.2 Å². The number of nitrogens with zero attached hydrogens (tertiary/aromatic N) is 1. The average Bonchev–Trinajstić information content (AvgIpc) is 3.26. The minimum atomic E-state index is -0.319. The Bertz CT molecular complexity index is 1200. The van der Waals surface area contributed by atoms with Crippen LogP contribution in [-0.2, 0) is 10.8 Å². The van der Waals surface area contributed by atoms with Crippen LogP contribution in [-0.4, -0.2) is 14.9 Å². The third-order valence-electron chi connectivity index (χ3n) is 5.21. The molecule has 4 N–H and O–H groups in total. The van der Waals surface area contributed by atoms with Crippen molar-refractivity contribution in [2.45, 2.75) is 52.4 Å². The zero-order valence-corrected chi connectivity index (χ0v) is 18.5. The van der Waals surface area contributed by atoms with Crippen LogP contribution in [0.4, 0.5) is 11.4 Å². The highest BCUT2D eigenvalue weighted by Crippen LogP contribution is 2.34. The Morgan fingerprint density at radius 1 is 0.800 bits per heavy atom. The maximum Gasteiger partial charge on any atom is 0.275 e. The fraction of sp³-hybridized carbons (Fsp3) is 0.333. The maximum atomic E-state index is 11.0. The van der Waals surface area contributed by atoms with Gasteiger partial charge in [0.15, 0.2) is 0 Å². The number of aromatic nitrogens is 2. The third kappa shape index (κ3) is 4.32. The normalized spacial score (nSPS) is 12.1. The number of nitrogen functional groups attached to an aromatic ring is 1. The van der Waals surface area contributed by atoms with Gasteiger partial charge in [-0.3, -0.25) is 10.1 Å². The van der Waals surface area contributed by atoms with Gasteiger partial charge in [-0.25, -0.2) is 0 Å². The van der Waals surface area contributed by atoms with Crippen LogP contribution in [0.3, 0.4) is 0 Å². The molecule has 2 aromatic heterocycles. The van der Waals surface area contributed by atoms with Gasteiger partial charge in [0, 0.05) is 40.6 Å². The second kappa shape index (κ2) is 7.52. The zero-order chi connectivity index (χ0) is 22.3. The molecule has 2 aromatic carbocycles. The van der Waals surface area contributed by atoms with E-state index in [1.165, 1.54) is 10.9 Å². The van der Waals surface area contributed by atoms with Gasteiger partial charge in [-0.1, -0.05) is 41.5 Å². The highest BCUT2D eigenvalue weighted by molar-refractivity contribution is 5.85. The van der Waals surface area contributed by atoms with Gasteiger partial charge in [0.2, 0.25) is 0 Å². The predicted molar refractivity (Wildman–Crippen MR) is 125 cm³/mol. The molecule has 0 aliphatic heterocycles. The molecule has 0 saturated heterocycles. The summed E-state index contributed by atoms with van der Waals surface area (Å²) in [4.78, 5) is 16.9. The summed E-state index contributed by atoms with van der Waals surface area (Å²) in [6.07, 6.45) is 3.73. The number of fused-ring (bicyclic) bond motifs is 2. The lowest BCUT2D eigenvalue weighted by Crippen LogP contribution is -2.13. The van der Waals surface area contributed by atoms with Crippen molar-refractivity contribution in [2.24, 2.45) is 0 Å². The van der Waals surface area contributed by atoms with Gasteiger partial charge in [-0.2, -0.15) is 0 Å². The van der Waals surface area contributed by atoms with Gasteiger partial charge in [0.25, 0.3) is 5.69 Å². The second-order valence-electron chi connectivity index (χ2n) is 9.70. The molecule has 0 bridgehead atoms. The van der Waals surface area contributed by atoms with Gasteiger partial charge in [0.05, 0.1) is 10.4 Å². The second-order valence-corrected chi connectivity index (χ2v) is 9.70. The molecular formula is C24H30N4O2. The van der Waals surface area contributed by atoms with Crippen LogP contribution in [0.5, 0.6) is 0 Å². The van der Waals surface area contributed by atoms with E-state index in [9.17, 15) is 10.1 Å². The number of rotatable bonds is 1. The van der Waals surface area contributed by atoms with Crippen LogP contribution in [0.25, 0.3) is 21.8 Å². The van der Waals surface area contributed by atoms with Crippen LogP contribution >= 0.6 is 0 Å². The summed E-state index contributed by atoms with van der Waals surface area (Å²) in [5.74, 6) is 0. The Labute approximate surface area is 176 Å². The van der Waals surface area contributed by atoms with Crippen molar-refractivity contribution in [1.82, 2.24) is 9.97 Å². The minimum absolute atomic E-state index is 0.107. The van der Waals surface area contributed by atoms with Crippen molar-refractivity contribution in [2.75, 3.05) is 5.73 Å². The van der Waals surface area contributed by atoms with E-state index in [4.69, 9.17) is 5.73 Å². The molecule has 0 radical (unpaired) electrons. The first-order chi connectivity index (χ1) is 13.9. The summed E-state index contributed by atoms with van der Waals surface area (Å²) in [5.41, 5.74) is 10.8. The molecule has 158 valence electrons. The molecule has 30 heavy (non-hydrogen) atoms. The van der Waals surface area contributed by atoms with Gasteiger partial charge >= 0.3 is 0 Å². The van der Waals surface area contributed by atoms with E-state index >= 15 is 0 Å². The molecule has 0 spiro atoms. The van der Waals surface area contributed by atoms with Gasteiger partial charge in [0.1, 0.15) is 0 Å². The van der Waals surface area contributed by atoms with Crippen molar-refractivity contribution in [1.29, 1.82) is 0 Å². The highest BCUT2D eigenvalue weighted by atomic mass is 16.6. The Kier molecular flexibility index (Phi) is 5.37. The molecule has 0 unspecified atom stereocenters. The van der Waals surface area contributed by atoms with Gasteiger partial charge < -0.3 is 15.7 Å². The number of nitro benzene ring substituents is 1. The quantitative estimate of drug-likeness (QED) is 0.193. The van der Waals surface area contributed by atoms with E-state index in [2.05, 4.69) is 42.9 Å². The zero-order valence-electron chi connectivity index (χ0n) is 18.5. The van der Waals surface area contributed by atoms with Crippen molar-refractivity contribution in [3.05, 3.63) is 70.0 Å². The third-order valence-corrected chi connectivity index (χ3v) is 5.21. The molecule has 4 rings (SSSR count). The lowest BCUT2D eigenvalue weighted by atomic mass is 9.85. The molecule has 6 nitrogen and oxygen atoms in total. The van der Waals surface area contributed by atoms with Crippen LogP contribution < -0.4 is 5.73 Å². The van der Waals surface area contributed by atoms with E-state index in [-0.39, 0.29) is 21.4 Å². The Morgan fingerprint density at radius 3 is 1.73 bits per heavy atom. The van der Waals surface area contributed by atoms with Crippen molar-refractivity contribution in [3.8, 4) is 0 Å². The standard InChI is InChI=1S/C12H14N2O2.C12H16N2/c1-12(2,3)9-6-8-4-5-13-10(8)7-11(9)14(15)16;1-12(2,3)9-6-8-4-5-14-11(8)7-10(9)13/h4-7,13H,1-3H3;4-7,14H,13H2,1-3H3. The summed E-state index contributed by atoms with van der Waals surface area (Å²) in [6, 6.07) is 11.7. The largest absolute Gasteiger partial charge is 0.398 e. The lowest BCUT2D eigenvalue weighted by molar-refractivity contribution is -0.385. The fourth-order valence-corrected chi connectivity index (χ4v) is 3.61. The monoisotopic (exact) mass is 406 g/mol. The van der Waals surface area contributed by atoms with Crippen molar-refractivity contribution in [3.63, 3.8) is 0 Å². The smallest absolute Gasteiger partial charge is 0.275 e. The molecule has 0 fully saturated rings. The molecular weight excluding hydrogens is 376 g/mol. The molecule has 0 atom stereocenters. The summed E-state index contributed by atoms with van der Waals surface area (Å²) in [5, 5.41) is 13.3. The van der Waals surface area contributed by atoms with Crippen molar-refractivity contribution < 1.29 is 4.92 Å². The summed E-state index contributed by atoms with van der Waals surface area (Å²) >= 11 is 0. The van der Waals surface area contributed by atoms with Crippen LogP contribution in [0.15, 0.2) is 48.8 Å². The first-order valence-corrected chi connectivity index (χ1v) is 10.0. The van der Waals surface area contributed by atoms with Gasteiger partial charge in [-0.15, -0.1) is 0 Å². The number of hydrogen-bond donors (Lipinski definition) is 3. The number of aromatic amines is 2. The molecule has 4 aromatic rings. The number of benzene rings is 2. The Hall–Kier alpha value is -3.28. The van der Waals surface area contributed by atoms with E-state index < -0.39 is 0 Å². The van der Waals surface area contributed by atoms with Gasteiger partial charge in [-0.05, 0) is 52.1 Å². The molecule has 2 heterocycles. The number of nitrogens with one attached hydrogen (secondary N) is 2. The highest BCUT2D eigenvalue weighted by Gasteiger charge is 2.25. The summed E-state index contributed by atoms with van der Waals surface area (Å²) < 4.78 is 0. The summed E-state index contributed by atoms with van der Waals surface area (Å²) in [6.45, 7) is 12.5. The molecule has 0 aliphatic rings. The number of nitro groups is 1. The molecule has 0 amide bonds. The number of nitrogens with two attached hydrogens (primary N) is 1. The van der Waals surface area contributed by atoms with E-state index in [0.29, 0.717) is 0 Å².